The molecule has 0 saturated carbocycles. The molecule has 2 aromatic heterocycles. The zero-order chi connectivity index (χ0) is 13.1. The fraction of sp³-hybridized carbons (Fsp3) is 0.250. The predicted octanol–water partition coefficient (Wildman–Crippen LogP) is 1.55. The largest absolute Gasteiger partial charge is 0.299 e. The quantitative estimate of drug-likeness (QED) is 0.762. The number of thiazole rings is 1. The van der Waals surface area contributed by atoms with Gasteiger partial charge in [-0.05, 0) is 12.1 Å². The Balaban J connectivity index is 1.62. The van der Waals surface area contributed by atoms with Crippen molar-refractivity contribution in [1.82, 2.24) is 25.6 Å². The molecule has 0 spiro atoms. The van der Waals surface area contributed by atoms with Crippen LogP contribution < -0.4 is 0 Å². The van der Waals surface area contributed by atoms with Gasteiger partial charge in [0.15, 0.2) is 5.82 Å². The molecular weight excluding hydrogens is 262 g/mol. The van der Waals surface area contributed by atoms with Crippen molar-refractivity contribution in [1.29, 1.82) is 0 Å². The first kappa shape index (κ1) is 11.9. The van der Waals surface area contributed by atoms with E-state index < -0.39 is 0 Å². The lowest BCUT2D eigenvalue weighted by Crippen LogP contribution is -2.04. The number of Topliss-reactive ketones (excluding diaryl/α,β-unsaturated/α-hetero) is 1. The molecule has 1 N–H and O–H groups in total. The number of aromatic nitrogens is 5. The molecule has 3 rings (SSSR count). The summed E-state index contributed by atoms with van der Waals surface area (Å²) < 4.78 is 1.11. The zero-order valence-corrected chi connectivity index (χ0v) is 10.9. The maximum atomic E-state index is 11.9. The van der Waals surface area contributed by atoms with E-state index in [1.54, 1.807) is 11.3 Å². The second-order valence-corrected chi connectivity index (χ2v) is 5.23. The first-order chi connectivity index (χ1) is 9.31. The lowest BCUT2D eigenvalue weighted by Gasteiger charge is -1.94. The molecule has 0 unspecified atom stereocenters. The van der Waals surface area contributed by atoms with E-state index in [0.717, 1.165) is 15.2 Å². The molecule has 0 bridgehead atoms. The monoisotopic (exact) mass is 273 g/mol. The Morgan fingerprint density at radius 3 is 3.00 bits per heavy atom. The number of fused-ring (bicyclic) bond motifs is 1. The predicted molar refractivity (Wildman–Crippen MR) is 70.8 cm³/mol. The molecule has 3 aromatic rings. The Morgan fingerprint density at radius 1 is 1.32 bits per heavy atom. The normalized spacial score (nSPS) is 10.9. The highest BCUT2D eigenvalue weighted by Gasteiger charge is 2.10. The van der Waals surface area contributed by atoms with Gasteiger partial charge in [-0.15, -0.1) is 21.5 Å². The summed E-state index contributed by atoms with van der Waals surface area (Å²) in [4.78, 5) is 16.3. The van der Waals surface area contributed by atoms with Crippen LogP contribution in [-0.4, -0.2) is 31.4 Å². The van der Waals surface area contributed by atoms with Crippen molar-refractivity contribution in [2.75, 3.05) is 0 Å². The van der Waals surface area contributed by atoms with Crippen molar-refractivity contribution in [3.05, 3.63) is 35.1 Å². The number of nitrogens with zero attached hydrogens (tertiary/aromatic N) is 4. The van der Waals surface area contributed by atoms with Gasteiger partial charge in [-0.25, -0.2) is 4.98 Å². The molecule has 6 nitrogen and oxygen atoms in total. The number of carbonyl (C=O) groups is 1. The summed E-state index contributed by atoms with van der Waals surface area (Å²) in [5.74, 6) is 0.710. The molecule has 1 aromatic carbocycles. The van der Waals surface area contributed by atoms with E-state index in [0.29, 0.717) is 25.1 Å². The number of hydrogen-bond acceptors (Lipinski definition) is 6. The highest BCUT2D eigenvalue weighted by molar-refractivity contribution is 7.18. The number of aromatic amines is 1. The van der Waals surface area contributed by atoms with Crippen LogP contribution in [0.25, 0.3) is 10.2 Å². The van der Waals surface area contributed by atoms with E-state index in [-0.39, 0.29) is 5.78 Å². The molecule has 96 valence electrons. The summed E-state index contributed by atoms with van der Waals surface area (Å²) in [6.45, 7) is 0. The summed E-state index contributed by atoms with van der Waals surface area (Å²) in [5.41, 5.74) is 0.952. The van der Waals surface area contributed by atoms with Gasteiger partial charge >= 0.3 is 0 Å². The fourth-order valence-electron chi connectivity index (χ4n) is 1.79. The molecule has 0 fully saturated rings. The Morgan fingerprint density at radius 2 is 2.21 bits per heavy atom. The molecule has 0 radical (unpaired) electrons. The molecule has 0 amide bonds. The van der Waals surface area contributed by atoms with Crippen LogP contribution in [0, 0.1) is 0 Å². The molecule has 19 heavy (non-hydrogen) atoms. The van der Waals surface area contributed by atoms with Crippen LogP contribution in [0.4, 0.5) is 0 Å². The number of ketones is 1. The minimum atomic E-state index is 0.142. The molecule has 2 heterocycles. The van der Waals surface area contributed by atoms with Gasteiger partial charge in [-0.3, -0.25) is 4.79 Å². The van der Waals surface area contributed by atoms with Crippen LogP contribution in [0.3, 0.4) is 0 Å². The molecule has 7 heteroatoms. The number of tetrazole rings is 1. The van der Waals surface area contributed by atoms with Gasteiger partial charge in [-0.2, -0.15) is 5.21 Å². The Hall–Kier alpha value is -2.15. The van der Waals surface area contributed by atoms with Crippen molar-refractivity contribution >= 4 is 27.3 Å². The zero-order valence-electron chi connectivity index (χ0n) is 10.0. The maximum Gasteiger partial charge on any atom is 0.174 e. The maximum absolute atomic E-state index is 11.9. The lowest BCUT2D eigenvalue weighted by molar-refractivity contribution is -0.118. The minimum Gasteiger partial charge on any atom is -0.299 e. The molecule has 0 saturated heterocycles. The van der Waals surface area contributed by atoms with E-state index in [1.807, 2.05) is 24.3 Å². The van der Waals surface area contributed by atoms with Gasteiger partial charge in [0.25, 0.3) is 0 Å². The standard InChI is InChI=1S/C12H11N5OS/c18-8(5-6-11-14-16-17-15-11)7-12-13-9-3-1-2-4-10(9)19-12/h1-4H,5-7H2,(H,14,15,16,17). The smallest absolute Gasteiger partial charge is 0.174 e. The van der Waals surface area contributed by atoms with Gasteiger partial charge < -0.3 is 0 Å². The second kappa shape index (κ2) is 5.23. The van der Waals surface area contributed by atoms with E-state index in [2.05, 4.69) is 25.6 Å². The van der Waals surface area contributed by atoms with Gasteiger partial charge in [-0.1, -0.05) is 17.3 Å². The molecule has 0 atom stereocenters. The van der Waals surface area contributed by atoms with E-state index >= 15 is 0 Å². The SMILES string of the molecule is O=C(CCc1nn[nH]n1)Cc1nc2ccccc2s1. The number of rotatable bonds is 5. The average Bonchev–Trinajstić information content (AvgIpc) is 3.04. The highest BCUT2D eigenvalue weighted by Crippen LogP contribution is 2.22. The minimum absolute atomic E-state index is 0.142. The first-order valence-electron chi connectivity index (χ1n) is 5.90. The van der Waals surface area contributed by atoms with Crippen LogP contribution >= 0.6 is 11.3 Å². The van der Waals surface area contributed by atoms with Crippen molar-refractivity contribution < 1.29 is 4.79 Å². The van der Waals surface area contributed by atoms with Crippen molar-refractivity contribution in [3.63, 3.8) is 0 Å². The van der Waals surface area contributed by atoms with Gasteiger partial charge in [0.05, 0.1) is 16.6 Å². The molecule has 0 aliphatic heterocycles. The van der Waals surface area contributed by atoms with Crippen LogP contribution in [0.5, 0.6) is 0 Å². The average molecular weight is 273 g/mol. The van der Waals surface area contributed by atoms with Crippen LogP contribution in [0.2, 0.25) is 0 Å². The third kappa shape index (κ3) is 2.82. The number of nitrogens with one attached hydrogen (secondary N) is 1. The van der Waals surface area contributed by atoms with Gasteiger partial charge in [0, 0.05) is 12.8 Å². The number of benzene rings is 1. The summed E-state index contributed by atoms with van der Waals surface area (Å²) in [6, 6.07) is 7.89. The summed E-state index contributed by atoms with van der Waals surface area (Å²) in [6.07, 6.45) is 1.30. The summed E-state index contributed by atoms with van der Waals surface area (Å²) in [7, 11) is 0. The lowest BCUT2D eigenvalue weighted by atomic mass is 10.1. The molecule has 0 aliphatic rings. The Labute approximate surface area is 112 Å². The van der Waals surface area contributed by atoms with Crippen LogP contribution in [0.1, 0.15) is 17.3 Å². The fourth-order valence-corrected chi connectivity index (χ4v) is 2.79. The Bertz CT molecular complexity index is 658. The van der Waals surface area contributed by atoms with Gasteiger partial charge in [0.2, 0.25) is 0 Å². The number of para-hydroxylation sites is 1. The number of carbonyl (C=O) groups excluding carboxylic acids is 1. The van der Waals surface area contributed by atoms with E-state index in [1.165, 1.54) is 0 Å². The van der Waals surface area contributed by atoms with E-state index in [9.17, 15) is 4.79 Å². The van der Waals surface area contributed by atoms with Crippen molar-refractivity contribution in [2.24, 2.45) is 0 Å². The Kier molecular flexibility index (Phi) is 3.28. The molecule has 0 aliphatic carbocycles. The van der Waals surface area contributed by atoms with Crippen LogP contribution in [-0.2, 0) is 17.6 Å². The second-order valence-electron chi connectivity index (χ2n) is 4.12. The number of aryl methyl sites for hydroxylation is 1. The summed E-state index contributed by atoms with van der Waals surface area (Å²) in [5, 5.41) is 14.3. The highest BCUT2D eigenvalue weighted by atomic mass is 32.1. The summed E-state index contributed by atoms with van der Waals surface area (Å²) >= 11 is 1.57. The van der Waals surface area contributed by atoms with Gasteiger partial charge in [0.1, 0.15) is 10.8 Å². The number of H-pyrrole nitrogens is 1. The molecular formula is C12H11N5OS. The third-order valence-electron chi connectivity index (χ3n) is 2.70. The van der Waals surface area contributed by atoms with Crippen molar-refractivity contribution in [2.45, 2.75) is 19.3 Å². The van der Waals surface area contributed by atoms with E-state index in [4.69, 9.17) is 0 Å². The van der Waals surface area contributed by atoms with Crippen molar-refractivity contribution in [3.8, 4) is 0 Å². The third-order valence-corrected chi connectivity index (χ3v) is 3.74. The topological polar surface area (TPSA) is 84.4 Å². The van der Waals surface area contributed by atoms with Crippen LogP contribution in [0.15, 0.2) is 24.3 Å². The first-order valence-corrected chi connectivity index (χ1v) is 6.71. The number of hydrogen-bond donors (Lipinski definition) is 1.